The van der Waals surface area contributed by atoms with Crippen LogP contribution in [0.5, 0.6) is 0 Å². The van der Waals surface area contributed by atoms with E-state index in [1.165, 1.54) is 12.8 Å². The summed E-state index contributed by atoms with van der Waals surface area (Å²) in [5.74, 6) is 1.02. The van der Waals surface area contributed by atoms with Crippen molar-refractivity contribution < 1.29 is 9.90 Å². The molecule has 1 aliphatic rings. The van der Waals surface area contributed by atoms with Gasteiger partial charge in [0.1, 0.15) is 11.5 Å². The Morgan fingerprint density at radius 2 is 2.05 bits per heavy atom. The first-order valence-corrected chi connectivity index (χ1v) is 8.36. The van der Waals surface area contributed by atoms with E-state index in [9.17, 15) is 9.90 Å². The van der Waals surface area contributed by atoms with Gasteiger partial charge < -0.3 is 10.4 Å². The second-order valence-electron chi connectivity index (χ2n) is 6.33. The Labute approximate surface area is 132 Å². The molecule has 122 valence electrons. The Morgan fingerprint density at radius 1 is 1.36 bits per heavy atom. The first-order chi connectivity index (χ1) is 10.6. The zero-order valence-electron chi connectivity index (χ0n) is 13.6. The highest BCUT2D eigenvalue weighted by molar-refractivity contribution is 5.92. The number of nitrogens with zero attached hydrogens (tertiary/aromatic N) is 2. The van der Waals surface area contributed by atoms with Gasteiger partial charge in [-0.15, -0.1) is 0 Å². The highest BCUT2D eigenvalue weighted by Gasteiger charge is 2.26. The molecule has 0 bridgehead atoms. The molecule has 0 atom stereocenters. The maximum absolute atomic E-state index is 12.3. The molecule has 5 nitrogen and oxygen atoms in total. The molecule has 0 unspecified atom stereocenters. The van der Waals surface area contributed by atoms with Crippen LogP contribution in [0.15, 0.2) is 12.3 Å². The van der Waals surface area contributed by atoms with Gasteiger partial charge in [0.05, 0.1) is 6.61 Å². The van der Waals surface area contributed by atoms with Crippen molar-refractivity contribution in [2.45, 2.75) is 58.3 Å². The van der Waals surface area contributed by atoms with Gasteiger partial charge in [0.25, 0.3) is 5.91 Å². The lowest BCUT2D eigenvalue weighted by Gasteiger charge is -2.29. The molecule has 1 aromatic heterocycles. The Balaban J connectivity index is 2.01. The van der Waals surface area contributed by atoms with Crippen molar-refractivity contribution in [2.75, 3.05) is 13.2 Å². The van der Waals surface area contributed by atoms with Crippen molar-refractivity contribution in [3.8, 4) is 0 Å². The summed E-state index contributed by atoms with van der Waals surface area (Å²) in [5, 5.41) is 12.5. The molecule has 0 aromatic carbocycles. The van der Waals surface area contributed by atoms with Gasteiger partial charge in [-0.05, 0) is 31.7 Å². The number of nitrogens with one attached hydrogen (secondary N) is 1. The molecule has 5 heteroatoms. The topological polar surface area (TPSA) is 75.1 Å². The lowest BCUT2D eigenvalue weighted by atomic mass is 9.83. The highest BCUT2D eigenvalue weighted by atomic mass is 16.3. The minimum atomic E-state index is -0.239. The second-order valence-corrected chi connectivity index (χ2v) is 6.33. The highest BCUT2D eigenvalue weighted by Crippen LogP contribution is 2.31. The van der Waals surface area contributed by atoms with Gasteiger partial charge in [-0.25, -0.2) is 9.97 Å². The predicted molar refractivity (Wildman–Crippen MR) is 85.7 cm³/mol. The van der Waals surface area contributed by atoms with Crippen LogP contribution in [0.25, 0.3) is 0 Å². The predicted octanol–water partition coefficient (Wildman–Crippen LogP) is 2.66. The third-order valence-electron chi connectivity index (χ3n) is 5.09. The summed E-state index contributed by atoms with van der Waals surface area (Å²) in [6, 6.07) is 1.66. The summed E-state index contributed by atoms with van der Waals surface area (Å²) in [4.78, 5) is 21.1. The average molecular weight is 305 g/mol. The van der Waals surface area contributed by atoms with Gasteiger partial charge in [-0.1, -0.05) is 26.7 Å². The molecule has 1 aromatic rings. The number of carbonyl (C=O) groups excluding carboxylic acids is 1. The number of hydrogen-bond acceptors (Lipinski definition) is 4. The third kappa shape index (κ3) is 3.83. The second kappa shape index (κ2) is 7.68. The van der Waals surface area contributed by atoms with Crippen LogP contribution in [-0.2, 0) is 0 Å². The smallest absolute Gasteiger partial charge is 0.270 e. The monoisotopic (exact) mass is 305 g/mol. The summed E-state index contributed by atoms with van der Waals surface area (Å²) < 4.78 is 0. The van der Waals surface area contributed by atoms with Crippen molar-refractivity contribution in [2.24, 2.45) is 5.41 Å². The first kappa shape index (κ1) is 16.9. The minimum Gasteiger partial charge on any atom is -0.396 e. The Morgan fingerprint density at radius 3 is 2.64 bits per heavy atom. The fourth-order valence-electron chi connectivity index (χ4n) is 3.02. The van der Waals surface area contributed by atoms with E-state index in [2.05, 4.69) is 15.3 Å². The Bertz CT molecular complexity index is 486. The van der Waals surface area contributed by atoms with E-state index >= 15 is 0 Å². The average Bonchev–Trinajstić information content (AvgIpc) is 3.11. The summed E-state index contributed by atoms with van der Waals surface area (Å²) in [6.45, 7) is 4.62. The molecule has 1 fully saturated rings. The standard InChI is InChI=1S/C17H27N3O2/c1-3-17(4-2,12-21)11-19-16(22)14-9-10-18-15(20-14)13-7-5-6-8-13/h9-10,13,21H,3-8,11-12H2,1-2H3,(H,19,22). The van der Waals surface area contributed by atoms with Gasteiger partial charge in [0.15, 0.2) is 0 Å². The molecule has 0 spiro atoms. The van der Waals surface area contributed by atoms with Gasteiger partial charge in [-0.2, -0.15) is 0 Å². The van der Waals surface area contributed by atoms with Gasteiger partial charge in [0, 0.05) is 24.1 Å². The third-order valence-corrected chi connectivity index (χ3v) is 5.09. The van der Waals surface area contributed by atoms with Gasteiger partial charge >= 0.3 is 0 Å². The van der Waals surface area contributed by atoms with E-state index in [1.54, 1.807) is 12.3 Å². The number of hydrogen-bond donors (Lipinski definition) is 2. The molecule has 1 aliphatic carbocycles. The fourth-order valence-corrected chi connectivity index (χ4v) is 3.02. The van der Waals surface area contributed by atoms with E-state index in [4.69, 9.17) is 0 Å². The van der Waals surface area contributed by atoms with Gasteiger partial charge in [0.2, 0.25) is 0 Å². The number of amides is 1. The van der Waals surface area contributed by atoms with E-state index in [0.717, 1.165) is 31.5 Å². The van der Waals surface area contributed by atoms with Crippen molar-refractivity contribution in [1.29, 1.82) is 0 Å². The minimum absolute atomic E-state index is 0.0807. The van der Waals surface area contributed by atoms with Crippen molar-refractivity contribution in [3.63, 3.8) is 0 Å². The van der Waals surface area contributed by atoms with Crippen LogP contribution in [-0.4, -0.2) is 34.1 Å². The van der Waals surface area contributed by atoms with Crippen LogP contribution in [0.3, 0.4) is 0 Å². The lowest BCUT2D eigenvalue weighted by Crippen LogP contribution is -2.39. The maximum atomic E-state index is 12.3. The van der Waals surface area contributed by atoms with Crippen LogP contribution in [0.1, 0.15) is 74.6 Å². The molecule has 1 heterocycles. The molecule has 2 N–H and O–H groups in total. The summed E-state index contributed by atoms with van der Waals surface area (Å²) in [7, 11) is 0. The zero-order chi connectivity index (χ0) is 16.0. The molecule has 1 amide bonds. The molecule has 1 saturated carbocycles. The number of rotatable bonds is 7. The Hall–Kier alpha value is -1.49. The largest absolute Gasteiger partial charge is 0.396 e. The van der Waals surface area contributed by atoms with Crippen LogP contribution in [0, 0.1) is 5.41 Å². The number of aromatic nitrogens is 2. The van der Waals surface area contributed by atoms with Crippen LogP contribution >= 0.6 is 0 Å². The van der Waals surface area contributed by atoms with Crippen LogP contribution in [0.4, 0.5) is 0 Å². The summed E-state index contributed by atoms with van der Waals surface area (Å²) in [5.41, 5.74) is 0.188. The normalized spacial score (nSPS) is 16.0. The van der Waals surface area contributed by atoms with Gasteiger partial charge in [-0.3, -0.25) is 4.79 Å². The molecular weight excluding hydrogens is 278 g/mol. The van der Waals surface area contributed by atoms with Crippen molar-refractivity contribution in [1.82, 2.24) is 15.3 Å². The zero-order valence-corrected chi connectivity index (χ0v) is 13.6. The van der Waals surface area contributed by atoms with Crippen molar-refractivity contribution >= 4 is 5.91 Å². The quantitative estimate of drug-likeness (QED) is 0.812. The van der Waals surface area contributed by atoms with E-state index in [0.29, 0.717) is 18.2 Å². The molecule has 22 heavy (non-hydrogen) atoms. The molecule has 0 saturated heterocycles. The number of carbonyl (C=O) groups is 1. The fraction of sp³-hybridized carbons (Fsp3) is 0.706. The van der Waals surface area contributed by atoms with Crippen LogP contribution < -0.4 is 5.32 Å². The van der Waals surface area contributed by atoms with Crippen molar-refractivity contribution in [3.05, 3.63) is 23.8 Å². The number of aliphatic hydroxyl groups excluding tert-OH is 1. The summed E-state index contributed by atoms with van der Waals surface area (Å²) in [6.07, 6.45) is 8.00. The molecular formula is C17H27N3O2. The molecule has 0 aliphatic heterocycles. The Kier molecular flexibility index (Phi) is 5.89. The molecule has 2 rings (SSSR count). The van der Waals surface area contributed by atoms with E-state index in [1.807, 2.05) is 13.8 Å². The summed E-state index contributed by atoms with van der Waals surface area (Å²) >= 11 is 0. The SMILES string of the molecule is CCC(CC)(CO)CNC(=O)c1ccnc(C2CCCC2)n1. The number of aliphatic hydroxyl groups is 1. The lowest BCUT2D eigenvalue weighted by molar-refractivity contribution is 0.0846. The maximum Gasteiger partial charge on any atom is 0.270 e. The van der Waals surface area contributed by atoms with E-state index in [-0.39, 0.29) is 17.9 Å². The first-order valence-electron chi connectivity index (χ1n) is 8.36. The van der Waals surface area contributed by atoms with Crippen LogP contribution in [0.2, 0.25) is 0 Å². The van der Waals surface area contributed by atoms with E-state index < -0.39 is 0 Å². The molecule has 0 radical (unpaired) electrons.